The van der Waals surface area contributed by atoms with Crippen LogP contribution in [0.25, 0.3) is 0 Å². The molecule has 1 atom stereocenters. The second-order valence-electron chi connectivity index (χ2n) is 8.26. The van der Waals surface area contributed by atoms with E-state index in [0.717, 1.165) is 16.7 Å². The second kappa shape index (κ2) is 10.3. The lowest BCUT2D eigenvalue weighted by Gasteiger charge is -2.25. The fourth-order valence-corrected chi connectivity index (χ4v) is 5.04. The Morgan fingerprint density at radius 2 is 1.92 bits per heavy atom. The number of rotatable bonds is 7. The van der Waals surface area contributed by atoms with Gasteiger partial charge in [-0.15, -0.1) is 0 Å². The van der Waals surface area contributed by atoms with E-state index in [-0.39, 0.29) is 30.6 Å². The third-order valence-electron chi connectivity index (χ3n) is 5.85. The number of hydrogen-bond donors (Lipinski definition) is 1. The summed E-state index contributed by atoms with van der Waals surface area (Å²) in [5.41, 5.74) is 3.05. The highest BCUT2D eigenvalue weighted by Crippen LogP contribution is 2.35. The van der Waals surface area contributed by atoms with Gasteiger partial charge in [0, 0.05) is 23.4 Å². The number of para-hydroxylation sites is 2. The third kappa shape index (κ3) is 4.87. The number of ether oxygens (including phenoxy) is 1. The van der Waals surface area contributed by atoms with E-state index in [1.54, 1.807) is 13.2 Å². The molecule has 0 aromatic heterocycles. The summed E-state index contributed by atoms with van der Waals surface area (Å²) in [4.78, 5) is 36.9. The molecule has 1 N–H and O–H groups in total. The Morgan fingerprint density at radius 3 is 2.75 bits per heavy atom. The van der Waals surface area contributed by atoms with Gasteiger partial charge in [-0.3, -0.25) is 14.6 Å². The fourth-order valence-electron chi connectivity index (χ4n) is 4.10. The van der Waals surface area contributed by atoms with Gasteiger partial charge in [0.1, 0.15) is 23.4 Å². The van der Waals surface area contributed by atoms with E-state index in [9.17, 15) is 14.0 Å². The first-order valence-electron chi connectivity index (χ1n) is 11.4. The molecule has 182 valence electrons. The number of amidine groups is 2. The van der Waals surface area contributed by atoms with E-state index in [4.69, 9.17) is 4.74 Å². The Hall–Kier alpha value is -3.98. The molecule has 36 heavy (non-hydrogen) atoms. The summed E-state index contributed by atoms with van der Waals surface area (Å²) in [5.74, 6) is 0.678. The maximum Gasteiger partial charge on any atom is 0.259 e. The molecule has 0 saturated heterocycles. The van der Waals surface area contributed by atoms with E-state index < -0.39 is 6.04 Å². The van der Waals surface area contributed by atoms with Crippen molar-refractivity contribution in [3.63, 3.8) is 0 Å². The van der Waals surface area contributed by atoms with Crippen LogP contribution in [0.4, 0.5) is 10.1 Å². The summed E-state index contributed by atoms with van der Waals surface area (Å²) in [5, 5.41) is 3.31. The van der Waals surface area contributed by atoms with Gasteiger partial charge in [-0.05, 0) is 35.9 Å². The number of carbonyl (C=O) groups is 2. The zero-order valence-electron chi connectivity index (χ0n) is 19.5. The molecule has 9 heteroatoms. The largest absolute Gasteiger partial charge is 0.496 e. The van der Waals surface area contributed by atoms with Crippen LogP contribution in [0.15, 0.2) is 82.8 Å². The molecule has 7 nitrogen and oxygen atoms in total. The van der Waals surface area contributed by atoms with Gasteiger partial charge in [0.05, 0.1) is 19.2 Å². The number of halogens is 1. The van der Waals surface area contributed by atoms with Crippen LogP contribution in [0.5, 0.6) is 5.75 Å². The summed E-state index contributed by atoms with van der Waals surface area (Å²) in [6.45, 7) is 0.281. The van der Waals surface area contributed by atoms with Crippen LogP contribution in [0.3, 0.4) is 0 Å². The van der Waals surface area contributed by atoms with Gasteiger partial charge in [0.15, 0.2) is 5.17 Å². The SMILES string of the molecule is COc1ccccc1CNC(=O)C[C@@H]1N=C2c3ccccc3N=C(SCc3cccc(F)c3)N2C1=O. The minimum absolute atomic E-state index is 0.0853. The molecule has 0 unspecified atom stereocenters. The van der Waals surface area contributed by atoms with Gasteiger partial charge in [-0.1, -0.05) is 54.2 Å². The molecule has 2 aliphatic rings. The first-order chi connectivity index (χ1) is 17.5. The molecule has 0 radical (unpaired) electrons. The van der Waals surface area contributed by atoms with Gasteiger partial charge >= 0.3 is 0 Å². The highest BCUT2D eigenvalue weighted by Gasteiger charge is 2.42. The zero-order chi connectivity index (χ0) is 25.1. The molecule has 5 rings (SSSR count). The van der Waals surface area contributed by atoms with Crippen LogP contribution in [-0.4, -0.2) is 40.9 Å². The van der Waals surface area contributed by atoms with Gasteiger partial charge in [0.25, 0.3) is 5.91 Å². The van der Waals surface area contributed by atoms with Crippen LogP contribution >= 0.6 is 11.8 Å². The quantitative estimate of drug-likeness (QED) is 0.518. The molecular formula is C27H23FN4O3S. The van der Waals surface area contributed by atoms with Gasteiger partial charge in [0.2, 0.25) is 5.91 Å². The van der Waals surface area contributed by atoms with Crippen molar-refractivity contribution in [2.75, 3.05) is 7.11 Å². The molecule has 2 amide bonds. The molecule has 2 aliphatic heterocycles. The van der Waals surface area contributed by atoms with Crippen molar-refractivity contribution in [3.05, 3.63) is 95.3 Å². The minimum Gasteiger partial charge on any atom is -0.496 e. The van der Waals surface area contributed by atoms with Crippen LogP contribution in [0, 0.1) is 5.82 Å². The van der Waals surface area contributed by atoms with Crippen molar-refractivity contribution in [1.29, 1.82) is 0 Å². The maximum absolute atomic E-state index is 13.6. The molecular weight excluding hydrogens is 479 g/mol. The van der Waals surface area contributed by atoms with Crippen molar-refractivity contribution in [3.8, 4) is 5.75 Å². The molecule has 0 aliphatic carbocycles. The number of aliphatic imine (C=N–C) groups is 2. The number of carbonyl (C=O) groups excluding carboxylic acids is 2. The average Bonchev–Trinajstić information content (AvgIpc) is 3.22. The number of amides is 2. The van der Waals surface area contributed by atoms with Crippen LogP contribution in [-0.2, 0) is 21.9 Å². The molecule has 0 fully saturated rings. The number of methoxy groups -OCH3 is 1. The van der Waals surface area contributed by atoms with Crippen molar-refractivity contribution < 1.29 is 18.7 Å². The van der Waals surface area contributed by atoms with E-state index in [0.29, 0.717) is 28.2 Å². The topological polar surface area (TPSA) is 83.4 Å². The number of thioether (sulfide) groups is 1. The third-order valence-corrected chi connectivity index (χ3v) is 6.86. The Labute approximate surface area is 212 Å². The van der Waals surface area contributed by atoms with Crippen molar-refractivity contribution in [2.45, 2.75) is 24.8 Å². The lowest BCUT2D eigenvalue weighted by atomic mass is 10.1. The van der Waals surface area contributed by atoms with Crippen molar-refractivity contribution in [1.82, 2.24) is 10.2 Å². The van der Waals surface area contributed by atoms with Crippen LogP contribution in [0.2, 0.25) is 0 Å². The maximum atomic E-state index is 13.6. The predicted octanol–water partition coefficient (Wildman–Crippen LogP) is 4.43. The lowest BCUT2D eigenvalue weighted by molar-refractivity contribution is -0.128. The van der Waals surface area contributed by atoms with E-state index in [2.05, 4.69) is 15.3 Å². The van der Waals surface area contributed by atoms with E-state index in [1.165, 1.54) is 28.8 Å². The number of fused-ring (bicyclic) bond motifs is 3. The first-order valence-corrected chi connectivity index (χ1v) is 12.4. The molecule has 3 aromatic carbocycles. The molecule has 2 heterocycles. The van der Waals surface area contributed by atoms with Crippen LogP contribution < -0.4 is 10.1 Å². The summed E-state index contributed by atoms with van der Waals surface area (Å²) < 4.78 is 19.0. The standard InChI is InChI=1S/C27H23FN4O3S/c1-35-23-12-5-2-8-18(23)15-29-24(33)14-22-26(34)32-25(30-22)20-10-3-4-11-21(20)31-27(32)36-16-17-7-6-9-19(28)13-17/h2-13,22H,14-16H2,1H3,(H,29,33)/t22-/m0/s1. The monoisotopic (exact) mass is 502 g/mol. The Kier molecular flexibility index (Phi) is 6.81. The Bertz CT molecular complexity index is 1390. The summed E-state index contributed by atoms with van der Waals surface area (Å²) in [6.07, 6.45) is -0.0853. The lowest BCUT2D eigenvalue weighted by Crippen LogP contribution is -2.42. The van der Waals surface area contributed by atoms with E-state index >= 15 is 0 Å². The highest BCUT2D eigenvalue weighted by atomic mass is 32.2. The van der Waals surface area contributed by atoms with Gasteiger partial charge in [-0.25, -0.2) is 14.3 Å². The average molecular weight is 503 g/mol. The highest BCUT2D eigenvalue weighted by molar-refractivity contribution is 8.13. The number of hydrogen-bond acceptors (Lipinski definition) is 6. The smallest absolute Gasteiger partial charge is 0.259 e. The molecule has 0 bridgehead atoms. The zero-order valence-corrected chi connectivity index (χ0v) is 20.3. The number of nitrogens with one attached hydrogen (secondary N) is 1. The van der Waals surface area contributed by atoms with Gasteiger partial charge < -0.3 is 10.1 Å². The summed E-state index contributed by atoms with van der Waals surface area (Å²) in [7, 11) is 1.58. The summed E-state index contributed by atoms with van der Waals surface area (Å²) in [6, 6.07) is 20.3. The van der Waals surface area contributed by atoms with Crippen molar-refractivity contribution in [2.24, 2.45) is 9.98 Å². The van der Waals surface area contributed by atoms with E-state index in [1.807, 2.05) is 54.6 Å². The molecule has 3 aromatic rings. The Balaban J connectivity index is 1.32. The normalized spacial score (nSPS) is 16.1. The molecule has 0 saturated carbocycles. The van der Waals surface area contributed by atoms with Crippen LogP contribution in [0.1, 0.15) is 23.1 Å². The van der Waals surface area contributed by atoms with Gasteiger partial charge in [-0.2, -0.15) is 0 Å². The predicted molar refractivity (Wildman–Crippen MR) is 138 cm³/mol. The first kappa shape index (κ1) is 23.7. The number of benzene rings is 3. The molecule has 0 spiro atoms. The minimum atomic E-state index is -0.858. The number of nitrogens with zero attached hydrogens (tertiary/aromatic N) is 3. The Morgan fingerprint density at radius 1 is 1.11 bits per heavy atom. The fraction of sp³-hybridized carbons (Fsp3) is 0.185. The second-order valence-corrected chi connectivity index (χ2v) is 9.21. The van der Waals surface area contributed by atoms with Crippen molar-refractivity contribution >= 4 is 40.3 Å². The summed E-state index contributed by atoms with van der Waals surface area (Å²) >= 11 is 1.33.